The zero-order valence-electron chi connectivity index (χ0n) is 12.7. The summed E-state index contributed by atoms with van der Waals surface area (Å²) in [5.41, 5.74) is 0. The van der Waals surface area contributed by atoms with Gasteiger partial charge in [0, 0.05) is 19.1 Å². The van der Waals surface area contributed by atoms with Gasteiger partial charge in [0.2, 0.25) is 0 Å². The number of hydrogen-bond acceptors (Lipinski definition) is 2. The maximum absolute atomic E-state index is 3.68. The van der Waals surface area contributed by atoms with Crippen molar-refractivity contribution in [3.8, 4) is 0 Å². The van der Waals surface area contributed by atoms with Crippen molar-refractivity contribution in [2.75, 3.05) is 26.2 Å². The van der Waals surface area contributed by atoms with E-state index in [-0.39, 0.29) is 0 Å². The summed E-state index contributed by atoms with van der Waals surface area (Å²) >= 11 is 0. The van der Waals surface area contributed by atoms with Gasteiger partial charge in [0.25, 0.3) is 0 Å². The predicted molar refractivity (Wildman–Crippen MR) is 81.1 cm³/mol. The van der Waals surface area contributed by atoms with Crippen molar-refractivity contribution in [3.05, 3.63) is 0 Å². The molecule has 0 bridgehead atoms. The average molecular weight is 254 g/mol. The van der Waals surface area contributed by atoms with Crippen molar-refractivity contribution in [2.24, 2.45) is 0 Å². The zero-order valence-corrected chi connectivity index (χ0v) is 12.7. The van der Waals surface area contributed by atoms with E-state index in [2.05, 4.69) is 24.1 Å². The highest BCUT2D eigenvalue weighted by atomic mass is 15.1. The van der Waals surface area contributed by atoms with E-state index in [1.807, 2.05) is 0 Å². The number of likely N-dealkylation sites (tertiary alicyclic amines) is 1. The molecule has 108 valence electrons. The van der Waals surface area contributed by atoms with Crippen molar-refractivity contribution in [1.82, 2.24) is 10.2 Å². The van der Waals surface area contributed by atoms with Crippen molar-refractivity contribution >= 4 is 0 Å². The first kappa shape index (κ1) is 16.0. The van der Waals surface area contributed by atoms with Gasteiger partial charge in [0.1, 0.15) is 0 Å². The summed E-state index contributed by atoms with van der Waals surface area (Å²) in [5, 5.41) is 3.68. The fourth-order valence-corrected chi connectivity index (χ4v) is 2.81. The number of hydrogen-bond donors (Lipinski definition) is 1. The molecule has 1 fully saturated rings. The van der Waals surface area contributed by atoms with Crippen LogP contribution in [0.15, 0.2) is 0 Å². The predicted octanol–water partition coefficient (Wildman–Crippen LogP) is 3.81. The van der Waals surface area contributed by atoms with E-state index < -0.39 is 0 Å². The van der Waals surface area contributed by atoms with Crippen molar-refractivity contribution in [3.63, 3.8) is 0 Å². The van der Waals surface area contributed by atoms with Gasteiger partial charge < -0.3 is 10.2 Å². The third-order valence-corrected chi connectivity index (χ3v) is 4.11. The highest BCUT2D eigenvalue weighted by Crippen LogP contribution is 2.10. The third-order valence-electron chi connectivity index (χ3n) is 4.11. The van der Waals surface area contributed by atoms with E-state index in [4.69, 9.17) is 0 Å². The second kappa shape index (κ2) is 10.8. The molecule has 0 aliphatic carbocycles. The molecular formula is C16H34N2. The molecule has 0 saturated carbocycles. The lowest BCUT2D eigenvalue weighted by Crippen LogP contribution is -2.37. The Morgan fingerprint density at radius 3 is 2.33 bits per heavy atom. The molecule has 2 heteroatoms. The lowest BCUT2D eigenvalue weighted by molar-refractivity contribution is 0.244. The zero-order chi connectivity index (χ0) is 13.1. The van der Waals surface area contributed by atoms with E-state index >= 15 is 0 Å². The Bertz CT molecular complexity index is 174. The quantitative estimate of drug-likeness (QED) is 0.663. The number of nitrogens with zero attached hydrogens (tertiary/aromatic N) is 1. The van der Waals surface area contributed by atoms with Gasteiger partial charge in [0.15, 0.2) is 0 Å². The van der Waals surface area contributed by atoms with Crippen molar-refractivity contribution in [1.29, 1.82) is 0 Å². The van der Waals surface area contributed by atoms with Crippen molar-refractivity contribution < 1.29 is 0 Å². The van der Waals surface area contributed by atoms with Crippen LogP contribution in [0.2, 0.25) is 0 Å². The number of unbranched alkanes of at least 4 members (excludes halogenated alkanes) is 2. The SMILES string of the molecule is CCCCCC(C)NCCN1CCCCCCC1. The molecule has 2 nitrogen and oxygen atoms in total. The van der Waals surface area contributed by atoms with Gasteiger partial charge >= 0.3 is 0 Å². The van der Waals surface area contributed by atoms with Crippen LogP contribution in [0.4, 0.5) is 0 Å². The molecule has 0 radical (unpaired) electrons. The number of rotatable bonds is 8. The van der Waals surface area contributed by atoms with Crippen LogP contribution in [-0.2, 0) is 0 Å². The summed E-state index contributed by atoms with van der Waals surface area (Å²) in [5.74, 6) is 0. The monoisotopic (exact) mass is 254 g/mol. The fourth-order valence-electron chi connectivity index (χ4n) is 2.81. The smallest absolute Gasteiger partial charge is 0.0107 e. The van der Waals surface area contributed by atoms with Gasteiger partial charge in [0.05, 0.1) is 0 Å². The highest BCUT2D eigenvalue weighted by Gasteiger charge is 2.08. The lowest BCUT2D eigenvalue weighted by atomic mass is 10.1. The molecule has 1 atom stereocenters. The molecule has 1 aliphatic heterocycles. The molecule has 1 aliphatic rings. The standard InChI is InChI=1S/C16H34N2/c1-3-4-8-11-16(2)17-12-15-18-13-9-6-5-7-10-14-18/h16-17H,3-15H2,1-2H3. The normalized spacial score (nSPS) is 20.3. The minimum atomic E-state index is 0.700. The number of nitrogens with one attached hydrogen (secondary N) is 1. The average Bonchev–Trinajstić information content (AvgIpc) is 2.32. The minimum Gasteiger partial charge on any atom is -0.313 e. The summed E-state index contributed by atoms with van der Waals surface area (Å²) in [6.07, 6.45) is 12.6. The lowest BCUT2D eigenvalue weighted by Gasteiger charge is -2.25. The molecular weight excluding hydrogens is 220 g/mol. The molecule has 0 aromatic rings. The summed E-state index contributed by atoms with van der Waals surface area (Å²) in [7, 11) is 0. The molecule has 0 aromatic carbocycles. The molecule has 1 rings (SSSR count). The maximum atomic E-state index is 3.68. The first-order valence-corrected chi connectivity index (χ1v) is 8.28. The summed E-state index contributed by atoms with van der Waals surface area (Å²) < 4.78 is 0. The van der Waals surface area contributed by atoms with Gasteiger partial charge in [-0.2, -0.15) is 0 Å². The van der Waals surface area contributed by atoms with Crippen LogP contribution in [-0.4, -0.2) is 37.1 Å². The second-order valence-corrected chi connectivity index (χ2v) is 5.96. The van der Waals surface area contributed by atoms with E-state index in [0.717, 1.165) is 0 Å². The third kappa shape index (κ3) is 8.10. The molecule has 0 aromatic heterocycles. The fraction of sp³-hybridized carbons (Fsp3) is 1.00. The Balaban J connectivity index is 2.00. The Morgan fingerprint density at radius 1 is 1.00 bits per heavy atom. The highest BCUT2D eigenvalue weighted by molar-refractivity contribution is 4.66. The molecule has 0 spiro atoms. The Kier molecular flexibility index (Phi) is 9.59. The minimum absolute atomic E-state index is 0.700. The van der Waals surface area contributed by atoms with Crippen LogP contribution in [0.3, 0.4) is 0 Å². The Hall–Kier alpha value is -0.0800. The van der Waals surface area contributed by atoms with Gasteiger partial charge in [-0.05, 0) is 39.3 Å². The largest absolute Gasteiger partial charge is 0.313 e. The molecule has 0 amide bonds. The molecule has 1 saturated heterocycles. The first-order chi connectivity index (χ1) is 8.83. The van der Waals surface area contributed by atoms with E-state index in [1.54, 1.807) is 0 Å². The van der Waals surface area contributed by atoms with Crippen LogP contribution in [0, 0.1) is 0 Å². The summed E-state index contributed by atoms with van der Waals surface area (Å²) in [6, 6.07) is 0.700. The van der Waals surface area contributed by atoms with Gasteiger partial charge in [-0.25, -0.2) is 0 Å². The van der Waals surface area contributed by atoms with Crippen LogP contribution >= 0.6 is 0 Å². The van der Waals surface area contributed by atoms with E-state index in [9.17, 15) is 0 Å². The topological polar surface area (TPSA) is 15.3 Å². The van der Waals surface area contributed by atoms with Gasteiger partial charge in [-0.15, -0.1) is 0 Å². The van der Waals surface area contributed by atoms with Gasteiger partial charge in [-0.3, -0.25) is 0 Å². The van der Waals surface area contributed by atoms with E-state index in [1.165, 1.54) is 84.0 Å². The maximum Gasteiger partial charge on any atom is 0.0107 e. The molecule has 1 heterocycles. The van der Waals surface area contributed by atoms with Crippen LogP contribution in [0.1, 0.15) is 71.6 Å². The Labute approximate surface area is 115 Å². The summed E-state index contributed by atoms with van der Waals surface area (Å²) in [6.45, 7) is 9.69. The summed E-state index contributed by atoms with van der Waals surface area (Å²) in [4.78, 5) is 2.66. The van der Waals surface area contributed by atoms with Crippen molar-refractivity contribution in [2.45, 2.75) is 77.7 Å². The van der Waals surface area contributed by atoms with Crippen LogP contribution < -0.4 is 5.32 Å². The second-order valence-electron chi connectivity index (χ2n) is 5.96. The molecule has 1 N–H and O–H groups in total. The van der Waals surface area contributed by atoms with E-state index in [0.29, 0.717) is 6.04 Å². The Morgan fingerprint density at radius 2 is 1.67 bits per heavy atom. The van der Waals surface area contributed by atoms with Gasteiger partial charge in [-0.1, -0.05) is 45.4 Å². The van der Waals surface area contributed by atoms with Crippen LogP contribution in [0.25, 0.3) is 0 Å². The molecule has 1 unspecified atom stereocenters. The molecule has 18 heavy (non-hydrogen) atoms. The first-order valence-electron chi connectivity index (χ1n) is 8.28. The van der Waals surface area contributed by atoms with Crippen LogP contribution in [0.5, 0.6) is 0 Å².